The Balaban J connectivity index is 1.81. The van der Waals surface area contributed by atoms with E-state index < -0.39 is 0 Å². The molecular formula is C17H22BrNO2. The summed E-state index contributed by atoms with van der Waals surface area (Å²) < 4.78 is 13.2. The summed E-state index contributed by atoms with van der Waals surface area (Å²) in [7, 11) is 0. The van der Waals surface area contributed by atoms with Crippen LogP contribution in [0.15, 0.2) is 4.47 Å². The van der Waals surface area contributed by atoms with Crippen LogP contribution in [0.2, 0.25) is 0 Å². The Kier molecular flexibility index (Phi) is 3.84. The van der Waals surface area contributed by atoms with Crippen molar-refractivity contribution >= 4 is 15.9 Å². The van der Waals surface area contributed by atoms with Crippen molar-refractivity contribution in [2.24, 2.45) is 0 Å². The maximum absolute atomic E-state index is 6.10. The molecule has 114 valence electrons. The van der Waals surface area contributed by atoms with Crippen LogP contribution in [0.1, 0.15) is 42.4 Å². The number of rotatable bonds is 2. The molecule has 3 aliphatic heterocycles. The Hall–Kier alpha value is -0.740. The first kappa shape index (κ1) is 13.9. The molecule has 1 fully saturated rings. The zero-order chi connectivity index (χ0) is 14.2. The van der Waals surface area contributed by atoms with Crippen molar-refractivity contribution in [3.05, 3.63) is 21.2 Å². The highest BCUT2D eigenvalue weighted by molar-refractivity contribution is 9.10. The van der Waals surface area contributed by atoms with Gasteiger partial charge in [0.05, 0.1) is 17.7 Å². The van der Waals surface area contributed by atoms with Crippen molar-refractivity contribution in [2.75, 3.05) is 19.8 Å². The molecule has 3 heterocycles. The van der Waals surface area contributed by atoms with Crippen LogP contribution in [-0.4, -0.2) is 25.8 Å². The molecule has 4 rings (SSSR count). The Morgan fingerprint density at radius 3 is 2.52 bits per heavy atom. The first-order valence-corrected chi connectivity index (χ1v) is 8.99. The topological polar surface area (TPSA) is 30.5 Å². The van der Waals surface area contributed by atoms with E-state index in [1.807, 2.05) is 0 Å². The zero-order valence-corrected chi connectivity index (χ0v) is 13.9. The summed E-state index contributed by atoms with van der Waals surface area (Å²) in [6.45, 7) is 2.85. The minimum absolute atomic E-state index is 0.604. The molecule has 0 bridgehead atoms. The average Bonchev–Trinajstić information content (AvgIpc) is 3.04. The maximum atomic E-state index is 6.10. The third-order valence-electron chi connectivity index (χ3n) is 4.90. The highest BCUT2D eigenvalue weighted by Gasteiger charge is 2.29. The van der Waals surface area contributed by atoms with Gasteiger partial charge >= 0.3 is 0 Å². The lowest BCUT2D eigenvalue weighted by Gasteiger charge is -2.30. The zero-order valence-electron chi connectivity index (χ0n) is 12.3. The summed E-state index contributed by atoms with van der Waals surface area (Å²) in [4.78, 5) is 0. The number of hydrogen-bond acceptors (Lipinski definition) is 3. The highest BCUT2D eigenvalue weighted by Crippen LogP contribution is 2.46. The van der Waals surface area contributed by atoms with Crippen LogP contribution < -0.4 is 14.8 Å². The fraction of sp³-hybridized carbons (Fsp3) is 0.647. The second-order valence-corrected chi connectivity index (χ2v) is 7.10. The van der Waals surface area contributed by atoms with Crippen LogP contribution in [-0.2, 0) is 19.3 Å². The van der Waals surface area contributed by atoms with E-state index >= 15 is 0 Å². The van der Waals surface area contributed by atoms with Gasteiger partial charge in [-0.3, -0.25) is 0 Å². The molecule has 0 aromatic heterocycles. The van der Waals surface area contributed by atoms with Gasteiger partial charge in [-0.05, 0) is 67.4 Å². The molecule has 3 aliphatic rings. The summed E-state index contributed by atoms with van der Waals surface area (Å²) >= 11 is 3.78. The second-order valence-electron chi connectivity index (χ2n) is 6.31. The molecule has 3 nitrogen and oxygen atoms in total. The van der Waals surface area contributed by atoms with Gasteiger partial charge in [0.1, 0.15) is 11.5 Å². The predicted octanol–water partition coefficient (Wildman–Crippen LogP) is 3.39. The van der Waals surface area contributed by atoms with Gasteiger partial charge in [-0.15, -0.1) is 0 Å². The van der Waals surface area contributed by atoms with Crippen LogP contribution in [0.3, 0.4) is 0 Å². The molecule has 1 aromatic rings. The van der Waals surface area contributed by atoms with Gasteiger partial charge in [-0.25, -0.2) is 0 Å². The van der Waals surface area contributed by atoms with Gasteiger partial charge in [-0.2, -0.15) is 0 Å². The SMILES string of the molecule is Brc1c2c(c(CC3CCCN3)c3c1OCCC3)OCCC2. The quantitative estimate of drug-likeness (QED) is 0.885. The van der Waals surface area contributed by atoms with Crippen LogP contribution in [0, 0.1) is 0 Å². The van der Waals surface area contributed by atoms with Crippen LogP contribution >= 0.6 is 15.9 Å². The van der Waals surface area contributed by atoms with Crippen molar-refractivity contribution in [3.63, 3.8) is 0 Å². The van der Waals surface area contributed by atoms with E-state index in [0.717, 1.165) is 67.8 Å². The summed E-state index contributed by atoms with van der Waals surface area (Å²) in [6.07, 6.45) is 8.09. The van der Waals surface area contributed by atoms with Gasteiger partial charge in [-0.1, -0.05) is 0 Å². The van der Waals surface area contributed by atoms with E-state index in [-0.39, 0.29) is 0 Å². The van der Waals surface area contributed by atoms with Crippen LogP contribution in [0.4, 0.5) is 0 Å². The molecule has 1 unspecified atom stereocenters. The summed E-state index contributed by atoms with van der Waals surface area (Å²) in [5.41, 5.74) is 4.14. The molecular weight excluding hydrogens is 330 g/mol. The minimum Gasteiger partial charge on any atom is -0.493 e. The number of fused-ring (bicyclic) bond motifs is 2. The molecule has 0 aliphatic carbocycles. The van der Waals surface area contributed by atoms with Crippen LogP contribution in [0.5, 0.6) is 11.5 Å². The largest absolute Gasteiger partial charge is 0.493 e. The van der Waals surface area contributed by atoms with Gasteiger partial charge in [0.15, 0.2) is 0 Å². The number of hydrogen-bond donors (Lipinski definition) is 1. The third-order valence-corrected chi connectivity index (χ3v) is 5.74. The van der Waals surface area contributed by atoms with Crippen LogP contribution in [0.25, 0.3) is 0 Å². The molecule has 1 aromatic carbocycles. The number of nitrogens with one attached hydrogen (secondary N) is 1. The van der Waals surface area contributed by atoms with Crippen molar-refractivity contribution in [1.82, 2.24) is 5.32 Å². The average molecular weight is 352 g/mol. The lowest BCUT2D eigenvalue weighted by Crippen LogP contribution is -2.26. The van der Waals surface area contributed by atoms with Crippen molar-refractivity contribution in [1.29, 1.82) is 0 Å². The smallest absolute Gasteiger partial charge is 0.137 e. The monoisotopic (exact) mass is 351 g/mol. The van der Waals surface area contributed by atoms with Gasteiger partial charge in [0.25, 0.3) is 0 Å². The Bertz CT molecular complexity index is 515. The molecule has 0 spiro atoms. The first-order chi connectivity index (χ1) is 10.3. The molecule has 0 radical (unpaired) electrons. The van der Waals surface area contributed by atoms with E-state index in [2.05, 4.69) is 21.2 Å². The van der Waals surface area contributed by atoms with Gasteiger partial charge in [0.2, 0.25) is 0 Å². The third kappa shape index (κ3) is 2.46. The van der Waals surface area contributed by atoms with Gasteiger partial charge in [0, 0.05) is 22.7 Å². The normalized spacial score (nSPS) is 24.0. The fourth-order valence-electron chi connectivity index (χ4n) is 3.88. The maximum Gasteiger partial charge on any atom is 0.137 e. The summed E-state index contributed by atoms with van der Waals surface area (Å²) in [5.74, 6) is 2.25. The fourth-order valence-corrected chi connectivity index (χ4v) is 4.61. The van der Waals surface area contributed by atoms with Crippen molar-refractivity contribution in [2.45, 2.75) is 51.0 Å². The Morgan fingerprint density at radius 2 is 1.76 bits per heavy atom. The van der Waals surface area contributed by atoms with E-state index in [9.17, 15) is 0 Å². The number of halogens is 1. The van der Waals surface area contributed by atoms with E-state index in [1.54, 1.807) is 0 Å². The lowest BCUT2D eigenvalue weighted by atomic mass is 9.89. The minimum atomic E-state index is 0.604. The van der Waals surface area contributed by atoms with E-state index in [1.165, 1.54) is 29.5 Å². The predicted molar refractivity (Wildman–Crippen MR) is 86.5 cm³/mol. The van der Waals surface area contributed by atoms with Crippen molar-refractivity contribution in [3.8, 4) is 11.5 Å². The molecule has 4 heteroatoms. The van der Waals surface area contributed by atoms with Gasteiger partial charge < -0.3 is 14.8 Å². The second kappa shape index (κ2) is 5.81. The highest BCUT2D eigenvalue weighted by atomic mass is 79.9. The standard InChI is InChI=1S/C17H22BrNO2/c18-15-13-6-3-8-20-16(13)14(10-11-4-1-7-19-11)12-5-2-9-21-17(12)15/h11,19H,1-10H2. The Labute approximate surface area is 134 Å². The summed E-state index contributed by atoms with van der Waals surface area (Å²) in [6, 6.07) is 0.604. The molecule has 1 N–H and O–H groups in total. The van der Waals surface area contributed by atoms with E-state index in [0.29, 0.717) is 6.04 Å². The lowest BCUT2D eigenvalue weighted by molar-refractivity contribution is 0.266. The molecule has 0 amide bonds. The molecule has 0 saturated carbocycles. The molecule has 1 atom stereocenters. The van der Waals surface area contributed by atoms with Crippen molar-refractivity contribution < 1.29 is 9.47 Å². The van der Waals surface area contributed by atoms with E-state index in [4.69, 9.17) is 9.47 Å². The number of benzene rings is 1. The summed E-state index contributed by atoms with van der Waals surface area (Å²) in [5, 5.41) is 3.63. The molecule has 21 heavy (non-hydrogen) atoms. The Morgan fingerprint density at radius 1 is 1.00 bits per heavy atom. The first-order valence-electron chi connectivity index (χ1n) is 8.19. The number of ether oxygens (including phenoxy) is 2. The molecule has 1 saturated heterocycles.